The molecule has 3 nitrogen and oxygen atoms in total. The minimum atomic E-state index is 0.263. The molecule has 0 spiro atoms. The SMILES string of the molecule is CCCNCCC(=N)N. The van der Waals surface area contributed by atoms with Gasteiger partial charge in [-0.05, 0) is 13.0 Å². The molecular formula is C6H15N3. The molecule has 0 amide bonds. The lowest BCUT2D eigenvalue weighted by molar-refractivity contribution is 0.684. The third-order valence-corrected chi connectivity index (χ3v) is 0.998. The summed E-state index contributed by atoms with van der Waals surface area (Å²) < 4.78 is 0. The quantitative estimate of drug-likeness (QED) is 0.284. The van der Waals surface area contributed by atoms with Crippen LogP contribution in [0.25, 0.3) is 0 Å². The first-order chi connectivity index (χ1) is 4.27. The zero-order valence-electron chi connectivity index (χ0n) is 5.91. The molecule has 0 aliphatic rings. The fourth-order valence-corrected chi connectivity index (χ4v) is 0.525. The topological polar surface area (TPSA) is 61.9 Å². The summed E-state index contributed by atoms with van der Waals surface area (Å²) in [5, 5.41) is 10.0. The zero-order valence-corrected chi connectivity index (χ0v) is 5.91. The van der Waals surface area contributed by atoms with Gasteiger partial charge in [-0.2, -0.15) is 0 Å². The Kier molecular flexibility index (Phi) is 5.21. The van der Waals surface area contributed by atoms with Gasteiger partial charge in [-0.3, -0.25) is 5.41 Å². The molecule has 0 fully saturated rings. The highest BCUT2D eigenvalue weighted by Gasteiger charge is 1.86. The Hall–Kier alpha value is -0.570. The van der Waals surface area contributed by atoms with Crippen molar-refractivity contribution in [3.63, 3.8) is 0 Å². The van der Waals surface area contributed by atoms with Crippen molar-refractivity contribution in [2.75, 3.05) is 13.1 Å². The first-order valence-electron chi connectivity index (χ1n) is 3.31. The van der Waals surface area contributed by atoms with Crippen LogP contribution in [0, 0.1) is 5.41 Å². The minimum absolute atomic E-state index is 0.263. The van der Waals surface area contributed by atoms with Gasteiger partial charge < -0.3 is 11.1 Å². The first-order valence-corrected chi connectivity index (χ1v) is 3.31. The van der Waals surface area contributed by atoms with Crippen LogP contribution < -0.4 is 11.1 Å². The van der Waals surface area contributed by atoms with E-state index in [1.54, 1.807) is 0 Å². The molecule has 0 heterocycles. The van der Waals surface area contributed by atoms with Gasteiger partial charge in [0.25, 0.3) is 0 Å². The Balaban J connectivity index is 2.83. The summed E-state index contributed by atoms with van der Waals surface area (Å²) in [5.74, 6) is 0.263. The van der Waals surface area contributed by atoms with E-state index in [0.717, 1.165) is 19.5 Å². The molecule has 0 aromatic rings. The maximum atomic E-state index is 6.87. The standard InChI is InChI=1S/C6H15N3/c1-2-4-9-5-3-6(7)8/h9H,2-5H2,1H3,(H3,7,8). The molecule has 4 N–H and O–H groups in total. The lowest BCUT2D eigenvalue weighted by atomic mass is 10.4. The van der Waals surface area contributed by atoms with E-state index in [0.29, 0.717) is 6.42 Å². The lowest BCUT2D eigenvalue weighted by Crippen LogP contribution is -2.21. The number of rotatable bonds is 5. The molecule has 0 atom stereocenters. The highest BCUT2D eigenvalue weighted by atomic mass is 14.9. The van der Waals surface area contributed by atoms with Crippen LogP contribution in [0.3, 0.4) is 0 Å². The van der Waals surface area contributed by atoms with E-state index in [4.69, 9.17) is 11.1 Å². The van der Waals surface area contributed by atoms with Gasteiger partial charge in [-0.25, -0.2) is 0 Å². The molecule has 0 aromatic heterocycles. The summed E-state index contributed by atoms with van der Waals surface area (Å²) in [5.41, 5.74) is 5.12. The second-order valence-electron chi connectivity index (χ2n) is 2.03. The van der Waals surface area contributed by atoms with Crippen molar-refractivity contribution in [2.45, 2.75) is 19.8 Å². The molecule has 0 aliphatic heterocycles. The lowest BCUT2D eigenvalue weighted by Gasteiger charge is -1.99. The Labute approximate surface area is 56.1 Å². The van der Waals surface area contributed by atoms with Gasteiger partial charge in [0, 0.05) is 13.0 Å². The van der Waals surface area contributed by atoms with Gasteiger partial charge in [0.2, 0.25) is 0 Å². The van der Waals surface area contributed by atoms with E-state index in [1.165, 1.54) is 0 Å². The summed E-state index contributed by atoms with van der Waals surface area (Å²) in [4.78, 5) is 0. The predicted octanol–water partition coefficient (Wildman–Crippen LogP) is 0.312. The summed E-state index contributed by atoms with van der Waals surface area (Å²) in [7, 11) is 0. The largest absolute Gasteiger partial charge is 0.388 e. The van der Waals surface area contributed by atoms with Gasteiger partial charge in [-0.1, -0.05) is 6.92 Å². The number of hydrogen-bond donors (Lipinski definition) is 3. The molecule has 0 saturated heterocycles. The third-order valence-electron chi connectivity index (χ3n) is 0.998. The fourth-order valence-electron chi connectivity index (χ4n) is 0.525. The summed E-state index contributed by atoms with van der Waals surface area (Å²) in [6, 6.07) is 0. The maximum Gasteiger partial charge on any atom is 0.0918 e. The second kappa shape index (κ2) is 5.56. The van der Waals surface area contributed by atoms with E-state index in [2.05, 4.69) is 12.2 Å². The van der Waals surface area contributed by atoms with Crippen LogP contribution in [0.4, 0.5) is 0 Å². The summed E-state index contributed by atoms with van der Waals surface area (Å²) in [6.07, 6.45) is 1.80. The van der Waals surface area contributed by atoms with Gasteiger partial charge in [-0.15, -0.1) is 0 Å². The van der Waals surface area contributed by atoms with Crippen LogP contribution >= 0.6 is 0 Å². The van der Waals surface area contributed by atoms with Crippen LogP contribution in [0.1, 0.15) is 19.8 Å². The van der Waals surface area contributed by atoms with Crippen molar-refractivity contribution in [3.05, 3.63) is 0 Å². The molecule has 0 bridgehead atoms. The van der Waals surface area contributed by atoms with Crippen molar-refractivity contribution in [3.8, 4) is 0 Å². The first kappa shape index (κ1) is 8.43. The van der Waals surface area contributed by atoms with Crippen LogP contribution in [-0.4, -0.2) is 18.9 Å². The van der Waals surface area contributed by atoms with Crippen molar-refractivity contribution in [1.29, 1.82) is 5.41 Å². The van der Waals surface area contributed by atoms with Gasteiger partial charge in [0.05, 0.1) is 5.84 Å². The van der Waals surface area contributed by atoms with E-state index in [1.807, 2.05) is 0 Å². The number of nitrogens with one attached hydrogen (secondary N) is 2. The van der Waals surface area contributed by atoms with Crippen LogP contribution in [0.5, 0.6) is 0 Å². The minimum Gasteiger partial charge on any atom is -0.388 e. The molecule has 0 rings (SSSR count). The van der Waals surface area contributed by atoms with Crippen molar-refractivity contribution in [2.24, 2.45) is 5.73 Å². The average Bonchev–Trinajstić information content (AvgIpc) is 1.80. The Morgan fingerprint density at radius 2 is 2.22 bits per heavy atom. The number of hydrogen-bond acceptors (Lipinski definition) is 2. The fraction of sp³-hybridized carbons (Fsp3) is 0.833. The monoisotopic (exact) mass is 129 g/mol. The van der Waals surface area contributed by atoms with Crippen LogP contribution in [0.2, 0.25) is 0 Å². The highest BCUT2D eigenvalue weighted by Crippen LogP contribution is 1.74. The molecule has 0 aromatic carbocycles. The molecule has 0 unspecified atom stereocenters. The Morgan fingerprint density at radius 3 is 2.67 bits per heavy atom. The van der Waals surface area contributed by atoms with Crippen molar-refractivity contribution >= 4 is 5.84 Å². The molecule has 0 radical (unpaired) electrons. The predicted molar refractivity (Wildman–Crippen MR) is 39.7 cm³/mol. The Bertz CT molecular complexity index is 80.4. The zero-order chi connectivity index (χ0) is 7.11. The van der Waals surface area contributed by atoms with E-state index < -0.39 is 0 Å². The van der Waals surface area contributed by atoms with Crippen molar-refractivity contribution < 1.29 is 0 Å². The molecule has 0 aliphatic carbocycles. The summed E-state index contributed by atoms with van der Waals surface area (Å²) in [6.45, 7) is 3.97. The smallest absolute Gasteiger partial charge is 0.0918 e. The van der Waals surface area contributed by atoms with Gasteiger partial charge in [0.1, 0.15) is 0 Å². The molecule has 3 heteroatoms. The van der Waals surface area contributed by atoms with Crippen molar-refractivity contribution in [1.82, 2.24) is 5.32 Å². The average molecular weight is 129 g/mol. The molecule has 54 valence electrons. The third kappa shape index (κ3) is 7.43. The number of amidine groups is 1. The Morgan fingerprint density at radius 1 is 1.56 bits per heavy atom. The molecule has 9 heavy (non-hydrogen) atoms. The maximum absolute atomic E-state index is 6.87. The van der Waals surface area contributed by atoms with Gasteiger partial charge in [0.15, 0.2) is 0 Å². The van der Waals surface area contributed by atoms with Gasteiger partial charge >= 0.3 is 0 Å². The van der Waals surface area contributed by atoms with E-state index in [-0.39, 0.29) is 5.84 Å². The van der Waals surface area contributed by atoms with Crippen LogP contribution in [-0.2, 0) is 0 Å². The van der Waals surface area contributed by atoms with E-state index in [9.17, 15) is 0 Å². The van der Waals surface area contributed by atoms with E-state index >= 15 is 0 Å². The second-order valence-corrected chi connectivity index (χ2v) is 2.03. The highest BCUT2D eigenvalue weighted by molar-refractivity contribution is 5.76. The molecule has 0 saturated carbocycles. The summed E-state index contributed by atoms with van der Waals surface area (Å²) >= 11 is 0. The molecular weight excluding hydrogens is 114 g/mol. The van der Waals surface area contributed by atoms with Crippen LogP contribution in [0.15, 0.2) is 0 Å². The normalized spacial score (nSPS) is 9.44. The number of nitrogens with two attached hydrogens (primary N) is 1.